The fraction of sp³-hybridized carbons (Fsp3) is 0.706. The molecule has 31 heavy (non-hydrogen) atoms. The van der Waals surface area contributed by atoms with Crippen molar-refractivity contribution in [2.75, 3.05) is 19.8 Å². The molecule has 0 fully saturated rings. The van der Waals surface area contributed by atoms with Crippen molar-refractivity contribution in [1.82, 2.24) is 0 Å². The SMILES string of the molecule is CCCO.CCCO.CCCO.F[C](F)(F)[Ge]([C](F)(F)F)[C](F)(F)F.[Zr].c1cc[cH-]c1. The Bertz CT molecular complexity index is 360. The molecule has 1 radical (unpaired) electrons. The van der Waals surface area contributed by atoms with Crippen LogP contribution >= 0.6 is 0 Å². The Hall–Kier alpha value is 0.0260. The standard InChI is InChI=1S/C5H5.C3F9Ge.3C3H8O.Zr/c1-2-4-5-3-1;4-1(5,6)13(2(7,8)9)3(10,11)12;3*1-2-3-4;/h1-5H;;3*4H,2-3H2,1H3;/q-1;;;;;. The van der Waals surface area contributed by atoms with E-state index in [0.29, 0.717) is 19.8 Å². The molecule has 0 unspecified atom stereocenters. The Morgan fingerprint density at radius 2 is 0.806 bits per heavy atom. The summed E-state index contributed by atoms with van der Waals surface area (Å²) in [7, 11) is 0. The molecule has 1 aromatic rings. The van der Waals surface area contributed by atoms with Gasteiger partial charge < -0.3 is 15.3 Å². The molecule has 0 aliphatic rings. The fourth-order valence-electron chi connectivity index (χ4n) is 0.803. The molecule has 0 bridgehead atoms. The second-order valence-corrected chi connectivity index (χ2v) is 10.1. The Balaban J connectivity index is -0.000000103. The summed E-state index contributed by atoms with van der Waals surface area (Å²) in [6, 6.07) is 10.0. The predicted molar refractivity (Wildman–Crippen MR) is 98.1 cm³/mol. The van der Waals surface area contributed by atoms with Gasteiger partial charge in [0, 0.05) is 46.0 Å². The molecular formula is C17H29F9GeO3Zr-. The maximum absolute atomic E-state index is 11.3. The second kappa shape index (κ2) is 24.7. The number of hydrogen-bond acceptors (Lipinski definition) is 3. The number of halogens is 9. The maximum Gasteiger partial charge on any atom is 0 e. The Kier molecular flexibility index (Phi) is 32.9. The van der Waals surface area contributed by atoms with Gasteiger partial charge in [0.25, 0.3) is 0 Å². The van der Waals surface area contributed by atoms with Crippen LogP contribution in [0.1, 0.15) is 40.0 Å². The van der Waals surface area contributed by atoms with Crippen molar-refractivity contribution in [3.8, 4) is 0 Å². The molecule has 0 heterocycles. The summed E-state index contributed by atoms with van der Waals surface area (Å²) in [6.45, 7) is 6.75. The molecule has 0 spiro atoms. The van der Waals surface area contributed by atoms with Crippen LogP contribution in [-0.2, 0) is 26.2 Å². The quantitative estimate of drug-likeness (QED) is 0.244. The van der Waals surface area contributed by atoms with E-state index in [2.05, 4.69) is 0 Å². The minimum Gasteiger partial charge on any atom is -0.214 e. The molecule has 0 amide bonds. The number of alkyl halides is 9. The normalized spacial score (nSPS) is 10.6. The number of aliphatic hydroxyl groups is 3. The molecule has 0 aromatic heterocycles. The van der Waals surface area contributed by atoms with E-state index < -0.39 is 29.4 Å². The summed E-state index contributed by atoms with van der Waals surface area (Å²) in [5.41, 5.74) is 0. The van der Waals surface area contributed by atoms with Crippen LogP contribution in [0.2, 0.25) is 0 Å². The minimum absolute atomic E-state index is 0. The smallest absolute Gasteiger partial charge is 0 e. The van der Waals surface area contributed by atoms with E-state index in [1.807, 2.05) is 51.1 Å². The van der Waals surface area contributed by atoms with Gasteiger partial charge in [-0.15, -0.1) is 0 Å². The first-order valence-electron chi connectivity index (χ1n) is 8.69. The summed E-state index contributed by atoms with van der Waals surface area (Å²) in [5.74, 6) is 0. The van der Waals surface area contributed by atoms with Gasteiger partial charge in [-0.1, -0.05) is 20.8 Å². The van der Waals surface area contributed by atoms with E-state index in [1.165, 1.54) is 0 Å². The van der Waals surface area contributed by atoms with Gasteiger partial charge >= 0.3 is 68.9 Å². The van der Waals surface area contributed by atoms with Gasteiger partial charge in [0.1, 0.15) is 0 Å². The van der Waals surface area contributed by atoms with E-state index in [1.54, 1.807) is 0 Å². The van der Waals surface area contributed by atoms with Crippen molar-refractivity contribution in [3.63, 3.8) is 0 Å². The molecule has 14 heteroatoms. The molecule has 0 aliphatic heterocycles. The topological polar surface area (TPSA) is 60.7 Å². The van der Waals surface area contributed by atoms with E-state index in [0.717, 1.165) is 19.3 Å². The first-order chi connectivity index (χ1) is 13.6. The van der Waals surface area contributed by atoms with Crippen LogP contribution in [-0.4, -0.2) is 64.5 Å². The van der Waals surface area contributed by atoms with Crippen molar-refractivity contribution in [3.05, 3.63) is 30.3 Å². The molecule has 0 atom stereocenters. The van der Waals surface area contributed by atoms with Crippen LogP contribution in [0.15, 0.2) is 30.3 Å². The average molecular weight is 616 g/mol. The summed E-state index contributed by atoms with van der Waals surface area (Å²) < 4.78 is 102. The molecule has 0 aliphatic carbocycles. The number of aliphatic hydroxyl groups excluding tert-OH is 3. The van der Waals surface area contributed by atoms with Crippen LogP contribution in [0.3, 0.4) is 0 Å². The third kappa shape index (κ3) is 34.8. The first kappa shape index (κ1) is 41.3. The van der Waals surface area contributed by atoms with Crippen molar-refractivity contribution in [2.24, 2.45) is 0 Å². The van der Waals surface area contributed by atoms with E-state index in [4.69, 9.17) is 15.3 Å². The van der Waals surface area contributed by atoms with Crippen LogP contribution in [0.4, 0.5) is 39.5 Å². The molecule has 0 saturated heterocycles. The Labute approximate surface area is 200 Å². The molecule has 3 nitrogen and oxygen atoms in total. The number of hydrogen-bond donors (Lipinski definition) is 3. The largest absolute Gasteiger partial charge is 0.214 e. The summed E-state index contributed by atoms with van der Waals surface area (Å²) in [4.78, 5) is 0. The second-order valence-electron chi connectivity index (χ2n) is 5.00. The monoisotopic (exact) mass is 616 g/mol. The molecule has 1 rings (SSSR count). The van der Waals surface area contributed by atoms with Gasteiger partial charge in [0.2, 0.25) is 0 Å². The van der Waals surface area contributed by atoms with Gasteiger partial charge in [0.05, 0.1) is 0 Å². The Morgan fingerprint density at radius 1 is 0.613 bits per heavy atom. The predicted octanol–water partition coefficient (Wildman–Crippen LogP) is 5.35. The summed E-state index contributed by atoms with van der Waals surface area (Å²) in [6.07, 6.45) is 2.62. The zero-order chi connectivity index (χ0) is 24.9. The molecule has 1 aromatic carbocycles. The first-order valence-corrected chi connectivity index (χ1v) is 11.8. The van der Waals surface area contributed by atoms with Crippen molar-refractivity contribution >= 4 is 14.3 Å². The fourth-order valence-corrected chi connectivity index (χ4v) is 2.83. The van der Waals surface area contributed by atoms with E-state index in [9.17, 15) is 39.5 Å². The van der Waals surface area contributed by atoms with Gasteiger partial charge in [-0.25, -0.2) is 12.1 Å². The van der Waals surface area contributed by atoms with Gasteiger partial charge in [-0.2, -0.15) is 18.2 Å². The number of rotatable bonds is 3. The van der Waals surface area contributed by atoms with Gasteiger partial charge in [-0.3, -0.25) is 0 Å². The molecule has 0 saturated carbocycles. The van der Waals surface area contributed by atoms with Crippen LogP contribution in [0.25, 0.3) is 0 Å². The van der Waals surface area contributed by atoms with Crippen LogP contribution in [0, 0.1) is 0 Å². The zero-order valence-electron chi connectivity index (χ0n) is 17.4. The summed E-state index contributed by atoms with van der Waals surface area (Å²) >= 11 is -7.10. The molecule has 3 N–H and O–H groups in total. The van der Waals surface area contributed by atoms with Gasteiger partial charge in [-0.05, 0) is 19.3 Å². The van der Waals surface area contributed by atoms with Crippen LogP contribution in [0.5, 0.6) is 0 Å². The summed E-state index contributed by atoms with van der Waals surface area (Å²) in [5, 5.41) is 5.03. The third-order valence-corrected chi connectivity index (χ3v) is 5.65. The minimum atomic E-state index is -7.10. The van der Waals surface area contributed by atoms with Crippen molar-refractivity contribution in [2.45, 2.75) is 55.1 Å². The maximum atomic E-state index is 11.3. The zero-order valence-corrected chi connectivity index (χ0v) is 21.9. The van der Waals surface area contributed by atoms with E-state index >= 15 is 0 Å². The van der Waals surface area contributed by atoms with Gasteiger partial charge in [0.15, 0.2) is 0 Å². The Morgan fingerprint density at radius 3 is 0.839 bits per heavy atom. The van der Waals surface area contributed by atoms with E-state index in [-0.39, 0.29) is 26.2 Å². The molecular weight excluding hydrogens is 587 g/mol. The molecule has 187 valence electrons. The van der Waals surface area contributed by atoms with Crippen LogP contribution < -0.4 is 0 Å². The van der Waals surface area contributed by atoms with Crippen molar-refractivity contribution < 1.29 is 81.0 Å². The third-order valence-electron chi connectivity index (χ3n) is 2.08. The van der Waals surface area contributed by atoms with Crippen molar-refractivity contribution in [1.29, 1.82) is 0 Å². The average Bonchev–Trinajstić information content (AvgIpc) is 3.18.